The normalized spacial score (nSPS) is 10.7. The predicted octanol–water partition coefficient (Wildman–Crippen LogP) is 4.09. The summed E-state index contributed by atoms with van der Waals surface area (Å²) in [5.74, 6) is 0.821. The van der Waals surface area contributed by atoms with Crippen LogP contribution in [0.4, 0.5) is 0 Å². The number of benzene rings is 2. The number of carbonyl (C=O) groups is 1. The third-order valence-corrected chi connectivity index (χ3v) is 4.04. The maximum Gasteiger partial charge on any atom is 0.344 e. The molecule has 128 valence electrons. The summed E-state index contributed by atoms with van der Waals surface area (Å²) in [7, 11) is 1.59. The van der Waals surface area contributed by atoms with E-state index in [-0.39, 0.29) is 12.4 Å². The van der Waals surface area contributed by atoms with Crippen molar-refractivity contribution in [3.8, 4) is 22.6 Å². The molecule has 0 aliphatic rings. The molecule has 0 radical (unpaired) electrons. The van der Waals surface area contributed by atoms with Gasteiger partial charge in [0.05, 0.1) is 12.7 Å². The van der Waals surface area contributed by atoms with E-state index in [1.54, 1.807) is 44.4 Å². The van der Waals surface area contributed by atoms with Crippen LogP contribution in [0.3, 0.4) is 0 Å². The lowest BCUT2D eigenvalue weighted by Gasteiger charge is -2.10. The molecule has 3 rings (SSSR count). The van der Waals surface area contributed by atoms with Crippen LogP contribution in [0.5, 0.6) is 11.5 Å². The van der Waals surface area contributed by atoms with Crippen molar-refractivity contribution >= 4 is 16.9 Å². The van der Waals surface area contributed by atoms with Gasteiger partial charge in [0.25, 0.3) is 0 Å². The van der Waals surface area contributed by atoms with Gasteiger partial charge >= 0.3 is 11.6 Å². The van der Waals surface area contributed by atoms with Crippen molar-refractivity contribution in [2.75, 3.05) is 7.11 Å². The zero-order valence-electron chi connectivity index (χ0n) is 14.3. The van der Waals surface area contributed by atoms with E-state index >= 15 is 0 Å². The molecule has 0 atom stereocenters. The Morgan fingerprint density at radius 3 is 2.40 bits per heavy atom. The fourth-order valence-corrected chi connectivity index (χ4v) is 2.69. The third-order valence-electron chi connectivity index (χ3n) is 4.04. The molecule has 0 saturated carbocycles. The molecule has 0 N–H and O–H groups in total. The van der Waals surface area contributed by atoms with Crippen molar-refractivity contribution in [2.24, 2.45) is 0 Å². The van der Waals surface area contributed by atoms with Crippen LogP contribution in [0, 0.1) is 6.92 Å². The SMILES string of the molecule is CCC(=O)Oc1ccc2oc(=O)c(-c3ccc(OC)cc3)c(C)c2c1. The summed E-state index contributed by atoms with van der Waals surface area (Å²) in [5.41, 5.74) is 2.04. The smallest absolute Gasteiger partial charge is 0.344 e. The van der Waals surface area contributed by atoms with Gasteiger partial charge in [0.2, 0.25) is 0 Å². The Labute approximate surface area is 144 Å². The molecule has 0 aliphatic heterocycles. The van der Waals surface area contributed by atoms with Crippen LogP contribution in [-0.4, -0.2) is 13.1 Å². The number of fused-ring (bicyclic) bond motifs is 1. The molecule has 0 bridgehead atoms. The second-order valence-electron chi connectivity index (χ2n) is 5.60. The zero-order chi connectivity index (χ0) is 18.0. The van der Waals surface area contributed by atoms with Crippen LogP contribution in [0.15, 0.2) is 51.7 Å². The first-order valence-corrected chi connectivity index (χ1v) is 7.96. The average molecular weight is 338 g/mol. The highest BCUT2D eigenvalue weighted by atomic mass is 16.5. The monoisotopic (exact) mass is 338 g/mol. The van der Waals surface area contributed by atoms with Crippen molar-refractivity contribution in [3.63, 3.8) is 0 Å². The van der Waals surface area contributed by atoms with Crippen LogP contribution in [0.2, 0.25) is 0 Å². The first-order chi connectivity index (χ1) is 12.0. The Kier molecular flexibility index (Phi) is 4.57. The molecule has 0 amide bonds. The number of hydrogen-bond donors (Lipinski definition) is 0. The fourth-order valence-electron chi connectivity index (χ4n) is 2.69. The van der Waals surface area contributed by atoms with Gasteiger partial charge in [-0.15, -0.1) is 0 Å². The lowest BCUT2D eigenvalue weighted by Crippen LogP contribution is -2.07. The number of ether oxygens (including phenoxy) is 2. The highest BCUT2D eigenvalue weighted by Gasteiger charge is 2.14. The number of rotatable bonds is 4. The summed E-state index contributed by atoms with van der Waals surface area (Å²) in [4.78, 5) is 23.9. The van der Waals surface area contributed by atoms with Gasteiger partial charge in [-0.2, -0.15) is 0 Å². The van der Waals surface area contributed by atoms with E-state index in [0.717, 1.165) is 16.5 Å². The van der Waals surface area contributed by atoms with E-state index in [1.807, 2.05) is 19.1 Å². The van der Waals surface area contributed by atoms with Crippen molar-refractivity contribution < 1.29 is 18.7 Å². The van der Waals surface area contributed by atoms with Crippen LogP contribution in [0.1, 0.15) is 18.9 Å². The molecule has 0 saturated heterocycles. The van der Waals surface area contributed by atoms with Crippen LogP contribution in [-0.2, 0) is 4.79 Å². The third kappa shape index (κ3) is 3.26. The van der Waals surface area contributed by atoms with E-state index in [9.17, 15) is 9.59 Å². The molecule has 25 heavy (non-hydrogen) atoms. The van der Waals surface area contributed by atoms with E-state index in [0.29, 0.717) is 22.6 Å². The number of aryl methyl sites for hydroxylation is 1. The topological polar surface area (TPSA) is 65.7 Å². The molecule has 5 heteroatoms. The Morgan fingerprint density at radius 1 is 1.08 bits per heavy atom. The van der Waals surface area contributed by atoms with Gasteiger partial charge in [-0.3, -0.25) is 4.79 Å². The molecule has 3 aromatic rings. The van der Waals surface area contributed by atoms with Crippen molar-refractivity contribution in [1.82, 2.24) is 0 Å². The maximum absolute atomic E-state index is 12.4. The van der Waals surface area contributed by atoms with Crippen LogP contribution < -0.4 is 15.1 Å². The Morgan fingerprint density at radius 2 is 1.76 bits per heavy atom. The summed E-state index contributed by atoms with van der Waals surface area (Å²) in [6.07, 6.45) is 0.290. The van der Waals surface area contributed by atoms with Gasteiger partial charge in [-0.05, 0) is 48.4 Å². The van der Waals surface area contributed by atoms with E-state index in [1.165, 1.54) is 0 Å². The first kappa shape index (κ1) is 16.8. The van der Waals surface area contributed by atoms with Gasteiger partial charge in [0, 0.05) is 11.8 Å². The van der Waals surface area contributed by atoms with Crippen molar-refractivity contribution in [1.29, 1.82) is 0 Å². The summed E-state index contributed by atoms with van der Waals surface area (Å²) < 4.78 is 15.9. The van der Waals surface area contributed by atoms with Gasteiger partial charge in [-0.25, -0.2) is 4.79 Å². The Bertz CT molecular complexity index is 983. The minimum atomic E-state index is -0.409. The average Bonchev–Trinajstić information content (AvgIpc) is 2.62. The summed E-state index contributed by atoms with van der Waals surface area (Å²) in [5, 5.41) is 0.729. The molecule has 1 aromatic heterocycles. The summed E-state index contributed by atoms with van der Waals surface area (Å²) in [6, 6.07) is 12.2. The molecule has 1 heterocycles. The van der Waals surface area contributed by atoms with Gasteiger partial charge in [-0.1, -0.05) is 19.1 Å². The largest absolute Gasteiger partial charge is 0.497 e. The second-order valence-corrected chi connectivity index (χ2v) is 5.60. The standard InChI is InChI=1S/C20H18O5/c1-4-18(21)24-15-9-10-17-16(11-15)12(2)19(20(22)25-17)13-5-7-14(23-3)8-6-13/h5-11H,4H2,1-3H3. The van der Waals surface area contributed by atoms with Gasteiger partial charge < -0.3 is 13.9 Å². The lowest BCUT2D eigenvalue weighted by molar-refractivity contribution is -0.134. The highest BCUT2D eigenvalue weighted by molar-refractivity contribution is 5.88. The van der Waals surface area contributed by atoms with Gasteiger partial charge in [0.1, 0.15) is 17.1 Å². The molecule has 0 aliphatic carbocycles. The van der Waals surface area contributed by atoms with E-state index in [2.05, 4.69) is 0 Å². The number of hydrogen-bond acceptors (Lipinski definition) is 5. The number of methoxy groups -OCH3 is 1. The van der Waals surface area contributed by atoms with Crippen molar-refractivity contribution in [2.45, 2.75) is 20.3 Å². The second kappa shape index (κ2) is 6.81. The van der Waals surface area contributed by atoms with Crippen LogP contribution >= 0.6 is 0 Å². The maximum atomic E-state index is 12.4. The van der Waals surface area contributed by atoms with E-state index in [4.69, 9.17) is 13.9 Å². The molecule has 2 aromatic carbocycles. The summed E-state index contributed by atoms with van der Waals surface area (Å²) in [6.45, 7) is 3.58. The first-order valence-electron chi connectivity index (χ1n) is 7.96. The molecule has 5 nitrogen and oxygen atoms in total. The minimum absolute atomic E-state index is 0.290. The highest BCUT2D eigenvalue weighted by Crippen LogP contribution is 2.30. The molecule has 0 fully saturated rings. The Balaban J connectivity index is 2.15. The van der Waals surface area contributed by atoms with Gasteiger partial charge in [0.15, 0.2) is 0 Å². The minimum Gasteiger partial charge on any atom is -0.497 e. The summed E-state index contributed by atoms with van der Waals surface area (Å²) >= 11 is 0. The molecule has 0 spiro atoms. The molecule has 0 unspecified atom stereocenters. The lowest BCUT2D eigenvalue weighted by atomic mass is 9.99. The van der Waals surface area contributed by atoms with Crippen molar-refractivity contribution in [3.05, 3.63) is 58.4 Å². The zero-order valence-corrected chi connectivity index (χ0v) is 14.3. The number of carbonyl (C=O) groups excluding carboxylic acids is 1. The van der Waals surface area contributed by atoms with Crippen LogP contribution in [0.25, 0.3) is 22.1 Å². The predicted molar refractivity (Wildman–Crippen MR) is 95.1 cm³/mol. The fraction of sp³-hybridized carbons (Fsp3) is 0.200. The molecular formula is C20H18O5. The number of esters is 1. The quantitative estimate of drug-likeness (QED) is 0.407. The molecular weight excluding hydrogens is 320 g/mol. The van der Waals surface area contributed by atoms with E-state index < -0.39 is 5.63 Å². The Hall–Kier alpha value is -3.08.